The van der Waals surface area contributed by atoms with Crippen molar-refractivity contribution < 1.29 is 0 Å². The van der Waals surface area contributed by atoms with Crippen molar-refractivity contribution in [3.63, 3.8) is 0 Å². The fourth-order valence-corrected chi connectivity index (χ4v) is 1.84. The fourth-order valence-electron chi connectivity index (χ4n) is 1.84. The molecule has 1 aliphatic carbocycles. The number of rotatable bonds is 2. The van der Waals surface area contributed by atoms with Gasteiger partial charge in [0.25, 0.3) is 0 Å². The molecule has 0 aromatic carbocycles. The Hall–Kier alpha value is -0.830. The molecule has 1 saturated carbocycles. The summed E-state index contributed by atoms with van der Waals surface area (Å²) in [5.41, 5.74) is 7.44. The van der Waals surface area contributed by atoms with Gasteiger partial charge >= 0.3 is 0 Å². The van der Waals surface area contributed by atoms with Crippen LogP contribution in [0.1, 0.15) is 45.0 Å². The van der Waals surface area contributed by atoms with Crippen LogP contribution in [0.3, 0.4) is 0 Å². The van der Waals surface area contributed by atoms with Gasteiger partial charge in [0.2, 0.25) is 0 Å². The Morgan fingerprint density at radius 3 is 2.77 bits per heavy atom. The zero-order valence-corrected chi connectivity index (χ0v) is 8.49. The molecule has 1 aliphatic rings. The van der Waals surface area contributed by atoms with E-state index in [9.17, 15) is 0 Å². The Morgan fingerprint density at radius 1 is 1.69 bits per heavy atom. The van der Waals surface area contributed by atoms with Gasteiger partial charge in [0, 0.05) is 18.3 Å². The number of nitrogens with zero attached hydrogens (tertiary/aromatic N) is 2. The maximum atomic E-state index is 5.85. The van der Waals surface area contributed by atoms with E-state index in [0.717, 1.165) is 5.69 Å². The smallest absolute Gasteiger partial charge is 0.0951 e. The molecule has 13 heavy (non-hydrogen) atoms. The van der Waals surface area contributed by atoms with Crippen molar-refractivity contribution in [1.29, 1.82) is 0 Å². The molecular weight excluding hydrogens is 162 g/mol. The van der Waals surface area contributed by atoms with E-state index in [1.807, 2.05) is 19.4 Å². The minimum Gasteiger partial charge on any atom is -0.330 e. The van der Waals surface area contributed by atoms with E-state index in [4.69, 9.17) is 5.73 Å². The molecule has 1 heterocycles. The van der Waals surface area contributed by atoms with Crippen LogP contribution >= 0.6 is 0 Å². The highest BCUT2D eigenvalue weighted by Gasteiger charge is 2.47. The average molecular weight is 179 g/mol. The number of hydrogen-bond acceptors (Lipinski definition) is 2. The van der Waals surface area contributed by atoms with Gasteiger partial charge < -0.3 is 10.3 Å². The summed E-state index contributed by atoms with van der Waals surface area (Å²) < 4.78 is 2.23. The molecule has 0 amide bonds. The minimum atomic E-state index is 0.0823. The highest BCUT2D eigenvalue weighted by molar-refractivity contribution is 5.11. The maximum Gasteiger partial charge on any atom is 0.0951 e. The second kappa shape index (κ2) is 2.58. The monoisotopic (exact) mass is 179 g/mol. The first-order chi connectivity index (χ1) is 6.02. The Labute approximate surface area is 79.0 Å². The molecule has 0 bridgehead atoms. The van der Waals surface area contributed by atoms with E-state index in [1.54, 1.807) is 0 Å². The number of imidazole rings is 1. The molecule has 2 rings (SSSR count). The molecule has 1 unspecified atom stereocenters. The molecule has 2 atom stereocenters. The molecule has 72 valence electrons. The first-order valence-corrected chi connectivity index (χ1v) is 4.79. The third-order valence-corrected chi connectivity index (χ3v) is 2.96. The molecule has 0 aliphatic heterocycles. The van der Waals surface area contributed by atoms with Crippen LogP contribution in [0.15, 0.2) is 12.5 Å². The molecule has 3 heteroatoms. The van der Waals surface area contributed by atoms with Gasteiger partial charge in [-0.05, 0) is 18.8 Å². The van der Waals surface area contributed by atoms with Crippen LogP contribution in [0.25, 0.3) is 0 Å². The van der Waals surface area contributed by atoms with Gasteiger partial charge in [-0.2, -0.15) is 0 Å². The van der Waals surface area contributed by atoms with Crippen LogP contribution in [-0.4, -0.2) is 9.55 Å². The highest BCUT2D eigenvalue weighted by atomic mass is 15.1. The van der Waals surface area contributed by atoms with Crippen molar-refractivity contribution in [3.05, 3.63) is 18.2 Å². The number of nitrogens with two attached hydrogens (primary N) is 1. The quantitative estimate of drug-likeness (QED) is 0.753. The second-order valence-electron chi connectivity index (χ2n) is 4.72. The van der Waals surface area contributed by atoms with Gasteiger partial charge in [0.15, 0.2) is 0 Å². The first kappa shape index (κ1) is 8.75. The van der Waals surface area contributed by atoms with Crippen LogP contribution in [0.4, 0.5) is 0 Å². The second-order valence-corrected chi connectivity index (χ2v) is 4.72. The van der Waals surface area contributed by atoms with E-state index in [0.29, 0.717) is 11.5 Å². The normalized spacial score (nSPS) is 27.2. The molecule has 0 radical (unpaired) electrons. The van der Waals surface area contributed by atoms with Gasteiger partial charge in [-0.1, -0.05) is 13.8 Å². The van der Waals surface area contributed by atoms with Gasteiger partial charge in [-0.15, -0.1) is 0 Å². The summed E-state index contributed by atoms with van der Waals surface area (Å²) in [5.74, 6) is 0. The Kier molecular flexibility index (Phi) is 1.74. The van der Waals surface area contributed by atoms with Crippen molar-refractivity contribution >= 4 is 0 Å². The highest BCUT2D eigenvalue weighted by Crippen LogP contribution is 2.55. The molecule has 1 fully saturated rings. The molecule has 2 N–H and O–H groups in total. The third-order valence-electron chi connectivity index (χ3n) is 2.96. The van der Waals surface area contributed by atoms with E-state index >= 15 is 0 Å². The summed E-state index contributed by atoms with van der Waals surface area (Å²) >= 11 is 0. The van der Waals surface area contributed by atoms with Gasteiger partial charge in [0.05, 0.1) is 12.0 Å². The number of hydrogen-bond donors (Lipinski definition) is 1. The Morgan fingerprint density at radius 2 is 2.31 bits per heavy atom. The van der Waals surface area contributed by atoms with Crippen molar-refractivity contribution in [2.75, 3.05) is 0 Å². The Balaban J connectivity index is 2.27. The average Bonchev–Trinajstić information content (AvgIpc) is 2.49. The SMILES string of the molecule is C[C@H](N)c1cncn1C1CC1(C)C. The Bertz CT molecular complexity index is 312. The van der Waals surface area contributed by atoms with Crippen LogP contribution in [0.5, 0.6) is 0 Å². The van der Waals surface area contributed by atoms with E-state index in [1.165, 1.54) is 6.42 Å². The van der Waals surface area contributed by atoms with Crippen molar-refractivity contribution in [2.45, 2.75) is 39.3 Å². The van der Waals surface area contributed by atoms with Crippen molar-refractivity contribution in [1.82, 2.24) is 9.55 Å². The lowest BCUT2D eigenvalue weighted by Gasteiger charge is -2.11. The zero-order chi connectivity index (χ0) is 9.64. The van der Waals surface area contributed by atoms with Gasteiger partial charge in [-0.3, -0.25) is 0 Å². The van der Waals surface area contributed by atoms with Crippen LogP contribution in [0, 0.1) is 5.41 Å². The third kappa shape index (κ3) is 1.37. The summed E-state index contributed by atoms with van der Waals surface area (Å²) in [6, 6.07) is 0.690. The van der Waals surface area contributed by atoms with Gasteiger partial charge in [0.1, 0.15) is 0 Å². The summed E-state index contributed by atoms with van der Waals surface area (Å²) in [4.78, 5) is 4.15. The van der Waals surface area contributed by atoms with Crippen LogP contribution < -0.4 is 5.73 Å². The van der Waals surface area contributed by atoms with Gasteiger partial charge in [-0.25, -0.2) is 4.98 Å². The predicted octanol–water partition coefficient (Wildman–Crippen LogP) is 1.87. The molecule has 1 aromatic rings. The van der Waals surface area contributed by atoms with Crippen LogP contribution in [0.2, 0.25) is 0 Å². The molecule has 0 saturated heterocycles. The molecular formula is C10H17N3. The summed E-state index contributed by atoms with van der Waals surface area (Å²) in [6.07, 6.45) is 5.01. The molecule has 1 aromatic heterocycles. The van der Waals surface area contributed by atoms with E-state index in [-0.39, 0.29) is 6.04 Å². The summed E-state index contributed by atoms with van der Waals surface area (Å²) in [6.45, 7) is 6.56. The predicted molar refractivity (Wildman–Crippen MR) is 52.3 cm³/mol. The molecule has 0 spiro atoms. The van der Waals surface area contributed by atoms with Crippen LogP contribution in [-0.2, 0) is 0 Å². The topological polar surface area (TPSA) is 43.8 Å². The van der Waals surface area contributed by atoms with Crippen molar-refractivity contribution in [2.24, 2.45) is 11.1 Å². The minimum absolute atomic E-state index is 0.0823. The molecule has 3 nitrogen and oxygen atoms in total. The fraction of sp³-hybridized carbons (Fsp3) is 0.700. The van der Waals surface area contributed by atoms with Crippen molar-refractivity contribution in [3.8, 4) is 0 Å². The lowest BCUT2D eigenvalue weighted by atomic mass is 10.2. The lowest BCUT2D eigenvalue weighted by Crippen LogP contribution is -2.12. The lowest BCUT2D eigenvalue weighted by molar-refractivity contribution is 0.519. The number of aromatic nitrogens is 2. The van der Waals surface area contributed by atoms with E-state index in [2.05, 4.69) is 23.4 Å². The summed E-state index contributed by atoms with van der Waals surface area (Å²) in [7, 11) is 0. The largest absolute Gasteiger partial charge is 0.330 e. The summed E-state index contributed by atoms with van der Waals surface area (Å²) in [5, 5.41) is 0. The first-order valence-electron chi connectivity index (χ1n) is 4.79. The standard InChI is InChI=1S/C10H17N3/c1-7(11)8-5-12-6-13(8)9-4-10(9,2)3/h5-7,9H,4,11H2,1-3H3/t7-,9?/m0/s1. The zero-order valence-electron chi connectivity index (χ0n) is 8.49. The maximum absolute atomic E-state index is 5.85. The van der Waals surface area contributed by atoms with E-state index < -0.39 is 0 Å².